The number of nitrogens with one attached hydrogen (secondary N) is 1. The van der Waals surface area contributed by atoms with E-state index < -0.39 is 0 Å². The van der Waals surface area contributed by atoms with Crippen molar-refractivity contribution in [2.75, 3.05) is 31.1 Å². The molecule has 2 aliphatic rings. The summed E-state index contributed by atoms with van der Waals surface area (Å²) in [4.78, 5) is 28.1. The SMILES string of the molecule is O=C(CN1CCN(c2ccccc2)C1=O)NCC1Cc2ccccc2CO1. The summed E-state index contributed by atoms with van der Waals surface area (Å²) in [5.74, 6) is -0.152. The normalized spacial score (nSPS) is 19.1. The van der Waals surface area contributed by atoms with Gasteiger partial charge in [0.1, 0.15) is 6.54 Å². The summed E-state index contributed by atoms with van der Waals surface area (Å²) in [5.41, 5.74) is 3.35. The van der Waals surface area contributed by atoms with E-state index in [1.807, 2.05) is 42.5 Å². The lowest BCUT2D eigenvalue weighted by molar-refractivity contribution is -0.122. The van der Waals surface area contributed by atoms with Crippen LogP contribution in [-0.4, -0.2) is 49.1 Å². The fourth-order valence-electron chi connectivity index (χ4n) is 3.57. The Kier molecular flexibility index (Phi) is 5.07. The summed E-state index contributed by atoms with van der Waals surface area (Å²) in [7, 11) is 0. The highest BCUT2D eigenvalue weighted by Crippen LogP contribution is 2.21. The van der Waals surface area contributed by atoms with Crippen molar-refractivity contribution in [2.45, 2.75) is 19.1 Å². The van der Waals surface area contributed by atoms with Crippen molar-refractivity contribution in [3.05, 3.63) is 65.7 Å². The minimum Gasteiger partial charge on any atom is -0.371 e. The van der Waals surface area contributed by atoms with Gasteiger partial charge in [-0.3, -0.25) is 9.69 Å². The zero-order valence-electron chi connectivity index (χ0n) is 15.1. The standard InChI is InChI=1S/C21H23N3O3/c25-20(22-13-19-12-16-6-4-5-7-17(16)15-27-19)14-23-10-11-24(21(23)26)18-8-2-1-3-9-18/h1-9,19H,10-15H2,(H,22,25). The molecule has 2 aromatic carbocycles. The van der Waals surface area contributed by atoms with E-state index in [1.54, 1.807) is 9.80 Å². The number of ether oxygens (including phenoxy) is 1. The van der Waals surface area contributed by atoms with E-state index in [1.165, 1.54) is 11.1 Å². The molecule has 2 aromatic rings. The summed E-state index contributed by atoms with van der Waals surface area (Å²) in [6.07, 6.45) is 0.764. The van der Waals surface area contributed by atoms with Crippen LogP contribution in [-0.2, 0) is 22.6 Å². The average Bonchev–Trinajstić information content (AvgIpc) is 3.07. The summed E-state index contributed by atoms with van der Waals surface area (Å²) < 4.78 is 5.82. The summed E-state index contributed by atoms with van der Waals surface area (Å²) >= 11 is 0. The lowest BCUT2D eigenvalue weighted by Crippen LogP contribution is -2.43. The van der Waals surface area contributed by atoms with Crippen LogP contribution < -0.4 is 10.2 Å². The first-order valence-corrected chi connectivity index (χ1v) is 9.27. The van der Waals surface area contributed by atoms with Crippen molar-refractivity contribution in [3.63, 3.8) is 0 Å². The number of urea groups is 1. The van der Waals surface area contributed by atoms with Gasteiger partial charge in [0.2, 0.25) is 5.91 Å². The second kappa shape index (κ2) is 7.80. The number of hydrogen-bond donors (Lipinski definition) is 1. The largest absolute Gasteiger partial charge is 0.371 e. The number of para-hydroxylation sites is 1. The molecule has 1 atom stereocenters. The lowest BCUT2D eigenvalue weighted by atomic mass is 9.99. The molecule has 1 unspecified atom stereocenters. The molecule has 0 aromatic heterocycles. The highest BCUT2D eigenvalue weighted by atomic mass is 16.5. The van der Waals surface area contributed by atoms with Gasteiger partial charge >= 0.3 is 6.03 Å². The summed E-state index contributed by atoms with van der Waals surface area (Å²) in [6.45, 7) is 2.25. The maximum Gasteiger partial charge on any atom is 0.325 e. The maximum absolute atomic E-state index is 12.5. The van der Waals surface area contributed by atoms with Crippen molar-refractivity contribution in [2.24, 2.45) is 0 Å². The Morgan fingerprint density at radius 2 is 1.78 bits per heavy atom. The van der Waals surface area contributed by atoms with E-state index in [4.69, 9.17) is 4.74 Å². The van der Waals surface area contributed by atoms with Gasteiger partial charge in [0.05, 0.1) is 12.7 Å². The Balaban J connectivity index is 1.26. The van der Waals surface area contributed by atoms with Gasteiger partial charge in [0.15, 0.2) is 0 Å². The van der Waals surface area contributed by atoms with E-state index in [-0.39, 0.29) is 24.6 Å². The van der Waals surface area contributed by atoms with Crippen LogP contribution in [0.4, 0.5) is 10.5 Å². The molecule has 140 valence electrons. The number of rotatable bonds is 5. The molecule has 4 rings (SSSR count). The molecular weight excluding hydrogens is 342 g/mol. The molecule has 6 heteroatoms. The summed E-state index contributed by atoms with van der Waals surface area (Å²) in [5, 5.41) is 2.91. The zero-order chi connectivity index (χ0) is 18.6. The first kappa shape index (κ1) is 17.5. The Morgan fingerprint density at radius 3 is 2.59 bits per heavy atom. The molecule has 1 saturated heterocycles. The number of anilines is 1. The predicted molar refractivity (Wildman–Crippen MR) is 102 cm³/mol. The number of nitrogens with zero attached hydrogens (tertiary/aromatic N) is 2. The molecular formula is C21H23N3O3. The van der Waals surface area contributed by atoms with Crippen LogP contribution in [0.25, 0.3) is 0 Å². The molecule has 0 spiro atoms. The Labute approximate surface area is 158 Å². The fourth-order valence-corrected chi connectivity index (χ4v) is 3.57. The van der Waals surface area contributed by atoms with E-state index >= 15 is 0 Å². The van der Waals surface area contributed by atoms with Crippen molar-refractivity contribution >= 4 is 17.6 Å². The van der Waals surface area contributed by atoms with Crippen molar-refractivity contribution in [1.82, 2.24) is 10.2 Å². The van der Waals surface area contributed by atoms with Crippen LogP contribution in [0.1, 0.15) is 11.1 Å². The molecule has 1 N–H and O–H groups in total. The van der Waals surface area contributed by atoms with Gasteiger partial charge in [0, 0.05) is 31.7 Å². The van der Waals surface area contributed by atoms with Crippen LogP contribution in [0, 0.1) is 0 Å². The van der Waals surface area contributed by atoms with E-state index in [0.29, 0.717) is 26.2 Å². The number of benzene rings is 2. The minimum absolute atomic E-state index is 0.0288. The minimum atomic E-state index is -0.152. The predicted octanol–water partition coefficient (Wildman–Crippen LogP) is 2.19. The molecule has 0 aliphatic carbocycles. The van der Waals surface area contributed by atoms with Gasteiger partial charge in [-0.15, -0.1) is 0 Å². The van der Waals surface area contributed by atoms with Crippen LogP contribution >= 0.6 is 0 Å². The third kappa shape index (κ3) is 3.95. The molecule has 6 nitrogen and oxygen atoms in total. The number of hydrogen-bond acceptors (Lipinski definition) is 3. The number of carbonyl (C=O) groups excluding carboxylic acids is 2. The Morgan fingerprint density at radius 1 is 1.04 bits per heavy atom. The van der Waals surface area contributed by atoms with Crippen molar-refractivity contribution in [3.8, 4) is 0 Å². The molecule has 0 saturated carbocycles. The highest BCUT2D eigenvalue weighted by molar-refractivity contribution is 5.96. The monoisotopic (exact) mass is 365 g/mol. The van der Waals surface area contributed by atoms with Crippen LogP contribution in [0.2, 0.25) is 0 Å². The third-order valence-electron chi connectivity index (χ3n) is 5.06. The van der Waals surface area contributed by atoms with Gasteiger partial charge in [-0.25, -0.2) is 4.79 Å². The second-order valence-electron chi connectivity index (χ2n) is 6.90. The van der Waals surface area contributed by atoms with Crippen molar-refractivity contribution in [1.29, 1.82) is 0 Å². The van der Waals surface area contributed by atoms with Crippen molar-refractivity contribution < 1.29 is 14.3 Å². The van der Waals surface area contributed by atoms with E-state index in [2.05, 4.69) is 17.4 Å². The Hall–Kier alpha value is -2.86. The lowest BCUT2D eigenvalue weighted by Gasteiger charge is -2.26. The van der Waals surface area contributed by atoms with Gasteiger partial charge in [-0.1, -0.05) is 42.5 Å². The van der Waals surface area contributed by atoms with Gasteiger partial charge in [-0.2, -0.15) is 0 Å². The fraction of sp³-hybridized carbons (Fsp3) is 0.333. The highest BCUT2D eigenvalue weighted by Gasteiger charge is 2.30. The first-order chi connectivity index (χ1) is 13.2. The van der Waals surface area contributed by atoms with Gasteiger partial charge in [-0.05, 0) is 23.3 Å². The maximum atomic E-state index is 12.5. The summed E-state index contributed by atoms with van der Waals surface area (Å²) in [6, 6.07) is 17.6. The molecule has 2 aliphatic heterocycles. The quantitative estimate of drug-likeness (QED) is 0.884. The molecule has 3 amide bonds. The molecule has 0 radical (unpaired) electrons. The average molecular weight is 365 g/mol. The van der Waals surface area contributed by atoms with Gasteiger partial charge in [0.25, 0.3) is 0 Å². The zero-order valence-corrected chi connectivity index (χ0v) is 15.1. The number of amides is 3. The van der Waals surface area contributed by atoms with E-state index in [9.17, 15) is 9.59 Å². The number of carbonyl (C=O) groups is 2. The second-order valence-corrected chi connectivity index (χ2v) is 6.90. The molecule has 0 bridgehead atoms. The molecule has 1 fully saturated rings. The van der Waals surface area contributed by atoms with Crippen LogP contribution in [0.15, 0.2) is 54.6 Å². The smallest absolute Gasteiger partial charge is 0.325 e. The van der Waals surface area contributed by atoms with E-state index in [0.717, 1.165) is 12.1 Å². The van der Waals surface area contributed by atoms with Crippen LogP contribution in [0.3, 0.4) is 0 Å². The Bertz CT molecular complexity index is 824. The van der Waals surface area contributed by atoms with Gasteiger partial charge < -0.3 is 15.0 Å². The molecule has 2 heterocycles. The topological polar surface area (TPSA) is 61.9 Å². The number of fused-ring (bicyclic) bond motifs is 1. The molecule has 27 heavy (non-hydrogen) atoms. The third-order valence-corrected chi connectivity index (χ3v) is 5.06. The first-order valence-electron chi connectivity index (χ1n) is 9.27. The van der Waals surface area contributed by atoms with Crippen LogP contribution in [0.5, 0.6) is 0 Å².